The van der Waals surface area contributed by atoms with Crippen molar-refractivity contribution < 1.29 is 9.84 Å². The molecule has 0 spiro atoms. The van der Waals surface area contributed by atoms with Crippen LogP contribution in [0.4, 0.5) is 0 Å². The van der Waals surface area contributed by atoms with Crippen molar-refractivity contribution in [3.63, 3.8) is 0 Å². The second kappa shape index (κ2) is 9.53. The lowest BCUT2D eigenvalue weighted by atomic mass is 10.2. The smallest absolute Gasteiger partial charge is 0.226 e. The van der Waals surface area contributed by atoms with E-state index >= 15 is 0 Å². The molecule has 1 atom stereocenters. The highest BCUT2D eigenvalue weighted by Crippen LogP contribution is 2.25. The van der Waals surface area contributed by atoms with E-state index in [9.17, 15) is 5.11 Å². The first-order valence-corrected chi connectivity index (χ1v) is 8.79. The molecule has 1 N–H and O–H groups in total. The third-order valence-electron chi connectivity index (χ3n) is 4.19. The number of ether oxygens (including phenoxy) is 1. The minimum Gasteiger partial charge on any atom is -0.495 e. The van der Waals surface area contributed by atoms with Gasteiger partial charge in [0.1, 0.15) is 11.6 Å². The number of nitrogens with zero attached hydrogens (tertiary/aromatic N) is 4. The Labute approximate surface area is 153 Å². The number of hydrogen-bond donors (Lipinski definition) is 1. The molecule has 1 fully saturated rings. The molecule has 0 amide bonds. The highest BCUT2D eigenvalue weighted by Gasteiger charge is 2.26. The van der Waals surface area contributed by atoms with Crippen LogP contribution in [0.2, 0.25) is 5.02 Å². The summed E-state index contributed by atoms with van der Waals surface area (Å²) >= 11 is 6.15. The van der Waals surface area contributed by atoms with Crippen molar-refractivity contribution in [2.75, 3.05) is 20.3 Å². The normalized spacial score (nSPS) is 18.6. The maximum absolute atomic E-state index is 9.48. The van der Waals surface area contributed by atoms with E-state index in [4.69, 9.17) is 16.3 Å². The fourth-order valence-electron chi connectivity index (χ4n) is 2.81. The van der Waals surface area contributed by atoms with Crippen LogP contribution in [0.15, 0.2) is 33.2 Å². The Morgan fingerprint density at radius 2 is 2.28 bits per heavy atom. The van der Waals surface area contributed by atoms with Gasteiger partial charge in [-0.1, -0.05) is 24.6 Å². The van der Waals surface area contributed by atoms with Gasteiger partial charge >= 0.3 is 0 Å². The number of aliphatic hydroxyl groups is 1. The predicted molar refractivity (Wildman–Crippen MR) is 103 cm³/mol. The molecule has 0 saturated carbocycles. The first-order valence-electron chi connectivity index (χ1n) is 8.41. The van der Waals surface area contributed by atoms with Crippen LogP contribution in [0.25, 0.3) is 0 Å². The van der Waals surface area contributed by atoms with E-state index in [0.717, 1.165) is 24.9 Å². The lowest BCUT2D eigenvalue weighted by Gasteiger charge is -2.23. The molecule has 136 valence electrons. The van der Waals surface area contributed by atoms with Gasteiger partial charge in [0.25, 0.3) is 0 Å². The van der Waals surface area contributed by atoms with Crippen molar-refractivity contribution in [2.45, 2.75) is 38.8 Å². The van der Waals surface area contributed by atoms with Crippen molar-refractivity contribution in [1.29, 1.82) is 0 Å². The number of guanidine groups is 1. The van der Waals surface area contributed by atoms with Crippen LogP contribution in [0.5, 0.6) is 5.75 Å². The van der Waals surface area contributed by atoms with Crippen LogP contribution in [0.3, 0.4) is 0 Å². The number of rotatable bonds is 5. The molecule has 1 aliphatic heterocycles. The van der Waals surface area contributed by atoms with Gasteiger partial charge in [-0.15, -0.1) is 0 Å². The average Bonchev–Trinajstić information content (AvgIpc) is 3.10. The molecular weight excluding hydrogens is 340 g/mol. The van der Waals surface area contributed by atoms with Crippen LogP contribution in [0, 0.1) is 0 Å². The summed E-state index contributed by atoms with van der Waals surface area (Å²) in [6.07, 6.45) is 2.64. The summed E-state index contributed by atoms with van der Waals surface area (Å²) in [5.74, 6) is 1.87. The highest BCUT2D eigenvalue weighted by atomic mass is 35.5. The second-order valence-corrected chi connectivity index (χ2v) is 6.20. The second-order valence-electron chi connectivity index (χ2n) is 5.80. The number of likely N-dealkylation sites (tertiary alicyclic amines) is 1. The van der Waals surface area contributed by atoms with Gasteiger partial charge in [0.2, 0.25) is 5.96 Å². The largest absolute Gasteiger partial charge is 0.495 e. The molecule has 6 nitrogen and oxygen atoms in total. The Morgan fingerprint density at radius 3 is 2.88 bits per heavy atom. The van der Waals surface area contributed by atoms with E-state index in [1.807, 2.05) is 30.0 Å². The molecule has 2 rings (SSSR count). The van der Waals surface area contributed by atoms with Crippen molar-refractivity contribution in [2.24, 2.45) is 15.0 Å². The Morgan fingerprint density at radius 1 is 1.48 bits per heavy atom. The summed E-state index contributed by atoms with van der Waals surface area (Å²) < 4.78 is 5.16. The third kappa shape index (κ3) is 5.03. The predicted octanol–water partition coefficient (Wildman–Crippen LogP) is 3.17. The van der Waals surface area contributed by atoms with E-state index in [1.54, 1.807) is 7.11 Å². The molecule has 0 aliphatic carbocycles. The van der Waals surface area contributed by atoms with Crippen molar-refractivity contribution in [3.8, 4) is 5.75 Å². The maximum atomic E-state index is 9.48. The zero-order chi connectivity index (χ0) is 18.2. The Bertz CT molecular complexity index is 660. The van der Waals surface area contributed by atoms with Gasteiger partial charge in [-0.3, -0.25) is 4.99 Å². The van der Waals surface area contributed by atoms with Crippen LogP contribution >= 0.6 is 11.6 Å². The van der Waals surface area contributed by atoms with E-state index < -0.39 is 0 Å². The summed E-state index contributed by atoms with van der Waals surface area (Å²) in [5, 5.41) is 10.0. The fraction of sp³-hybridized carbons (Fsp3) is 0.500. The third-order valence-corrected chi connectivity index (χ3v) is 4.49. The van der Waals surface area contributed by atoms with Gasteiger partial charge in [-0.2, -0.15) is 4.99 Å². The zero-order valence-corrected chi connectivity index (χ0v) is 15.5. The van der Waals surface area contributed by atoms with Gasteiger partial charge in [0, 0.05) is 13.0 Å². The molecule has 1 saturated heterocycles. The van der Waals surface area contributed by atoms with Crippen LogP contribution in [-0.4, -0.2) is 54.8 Å². The fourth-order valence-corrected chi connectivity index (χ4v) is 3.09. The van der Waals surface area contributed by atoms with Crippen LogP contribution in [0.1, 0.15) is 31.7 Å². The summed E-state index contributed by atoms with van der Waals surface area (Å²) in [5.41, 5.74) is 0.981. The summed E-state index contributed by atoms with van der Waals surface area (Å²) in [6.45, 7) is 7.02. The number of methoxy groups -OCH3 is 1. The molecule has 0 aromatic heterocycles. The Balaban J connectivity index is 2.15. The lowest BCUT2D eigenvalue weighted by Crippen LogP contribution is -2.37. The molecule has 25 heavy (non-hydrogen) atoms. The molecule has 7 heteroatoms. The topological polar surface area (TPSA) is 69.8 Å². The molecule has 0 bridgehead atoms. The Kier molecular flexibility index (Phi) is 7.40. The minimum absolute atomic E-state index is 0.0581. The number of halogens is 1. The number of benzene rings is 1. The van der Waals surface area contributed by atoms with Gasteiger partial charge in [0.15, 0.2) is 0 Å². The van der Waals surface area contributed by atoms with Crippen molar-refractivity contribution in [3.05, 3.63) is 28.8 Å². The maximum Gasteiger partial charge on any atom is 0.226 e. The van der Waals surface area contributed by atoms with E-state index in [-0.39, 0.29) is 12.6 Å². The van der Waals surface area contributed by atoms with Gasteiger partial charge in [0.05, 0.1) is 31.3 Å². The van der Waals surface area contributed by atoms with Crippen molar-refractivity contribution in [1.82, 2.24) is 4.90 Å². The SMILES string of the molecule is C=NC(=NC(CC)=NCc1ccc(OC)c(Cl)c1)N1CCCC1CO. The van der Waals surface area contributed by atoms with Gasteiger partial charge < -0.3 is 14.7 Å². The molecule has 1 heterocycles. The monoisotopic (exact) mass is 364 g/mol. The number of amidine groups is 1. The molecular formula is C18H25ClN4O2. The van der Waals surface area contributed by atoms with E-state index in [1.165, 1.54) is 0 Å². The lowest BCUT2D eigenvalue weighted by molar-refractivity contribution is 0.208. The summed E-state index contributed by atoms with van der Waals surface area (Å²) in [4.78, 5) is 15.2. The molecule has 0 radical (unpaired) electrons. The molecule has 1 aromatic rings. The molecule has 1 aliphatic rings. The summed E-state index contributed by atoms with van der Waals surface area (Å²) in [6, 6.07) is 5.66. The molecule has 1 aromatic carbocycles. The number of aliphatic hydroxyl groups excluding tert-OH is 1. The van der Waals surface area contributed by atoms with Gasteiger partial charge in [-0.05, 0) is 37.3 Å². The highest BCUT2D eigenvalue weighted by molar-refractivity contribution is 6.32. The van der Waals surface area contributed by atoms with E-state index in [0.29, 0.717) is 35.5 Å². The quantitative estimate of drug-likeness (QED) is 0.644. The van der Waals surface area contributed by atoms with E-state index in [2.05, 4.69) is 21.7 Å². The Hall–Kier alpha value is -1.92. The first-order chi connectivity index (χ1) is 12.1. The first kappa shape index (κ1) is 19.4. The van der Waals surface area contributed by atoms with Crippen LogP contribution < -0.4 is 4.74 Å². The molecule has 1 unspecified atom stereocenters. The standard InChI is InChI=1S/C18H25ClN4O2/c1-4-17(21-11-13-7-8-16(25-3)15(19)10-13)22-18(20-2)23-9-5-6-14(23)12-24/h7-8,10,14,24H,2,4-6,9,11-12H2,1,3H3. The zero-order valence-electron chi connectivity index (χ0n) is 14.8. The summed E-state index contributed by atoms with van der Waals surface area (Å²) in [7, 11) is 1.59. The van der Waals surface area contributed by atoms with Crippen LogP contribution in [-0.2, 0) is 6.54 Å². The number of aliphatic imine (C=N–C) groups is 3. The van der Waals surface area contributed by atoms with Gasteiger partial charge in [-0.25, -0.2) is 4.99 Å². The minimum atomic E-state index is 0.0581. The average molecular weight is 365 g/mol. The number of hydrogen-bond acceptors (Lipinski definition) is 3. The van der Waals surface area contributed by atoms with Crippen molar-refractivity contribution >= 4 is 30.1 Å².